The Morgan fingerprint density at radius 1 is 1.27 bits per heavy atom. The van der Waals surface area contributed by atoms with Crippen molar-refractivity contribution in [1.82, 2.24) is 5.32 Å². The average molecular weight is 337 g/mol. The molecule has 2 aromatic rings. The minimum Gasteiger partial charge on any atom is -0.316 e. The van der Waals surface area contributed by atoms with Gasteiger partial charge in [0.15, 0.2) is 0 Å². The first-order valence-electron chi connectivity index (χ1n) is 7.43. The molecule has 0 spiro atoms. The highest BCUT2D eigenvalue weighted by Gasteiger charge is 2.26. The van der Waals surface area contributed by atoms with Crippen molar-refractivity contribution in [3.63, 3.8) is 0 Å². The van der Waals surface area contributed by atoms with E-state index >= 15 is 0 Å². The highest BCUT2D eigenvalue weighted by atomic mass is 35.5. The Morgan fingerprint density at radius 2 is 2.09 bits per heavy atom. The van der Waals surface area contributed by atoms with Crippen molar-refractivity contribution in [3.8, 4) is 0 Å². The lowest BCUT2D eigenvalue weighted by Crippen LogP contribution is -2.42. The summed E-state index contributed by atoms with van der Waals surface area (Å²) in [5.41, 5.74) is 2.18. The van der Waals surface area contributed by atoms with E-state index in [0.717, 1.165) is 31.6 Å². The molecule has 1 aliphatic rings. The first kappa shape index (κ1) is 17.0. The second-order valence-electron chi connectivity index (χ2n) is 5.43. The molecule has 1 fully saturated rings. The summed E-state index contributed by atoms with van der Waals surface area (Å²) in [6.07, 6.45) is 2.07. The molecule has 1 atom stereocenters. The SMILES string of the molecule is Cl.O=C(C1CCCNC1)N(Cc1ccsc1)c1ccccc1. The van der Waals surface area contributed by atoms with Crippen LogP contribution in [-0.2, 0) is 11.3 Å². The number of halogens is 1. The van der Waals surface area contributed by atoms with E-state index < -0.39 is 0 Å². The standard InChI is InChI=1S/C17H20N2OS.ClH/c20-17(15-5-4-9-18-11-15)19(12-14-8-10-21-13-14)16-6-2-1-3-7-16;/h1-3,6-8,10,13,15,18H,4-5,9,11-12H2;1H. The van der Waals surface area contributed by atoms with Gasteiger partial charge in [0.2, 0.25) is 5.91 Å². The van der Waals surface area contributed by atoms with E-state index in [1.54, 1.807) is 11.3 Å². The molecule has 1 aromatic carbocycles. The molecule has 0 bridgehead atoms. The first-order chi connectivity index (χ1) is 10.3. The summed E-state index contributed by atoms with van der Waals surface area (Å²) in [7, 11) is 0. The van der Waals surface area contributed by atoms with Crippen LogP contribution in [0.4, 0.5) is 5.69 Å². The number of hydrogen-bond acceptors (Lipinski definition) is 3. The summed E-state index contributed by atoms with van der Waals surface area (Å²) in [6, 6.07) is 12.1. The average Bonchev–Trinajstić information content (AvgIpc) is 3.07. The fraction of sp³-hybridized carbons (Fsp3) is 0.353. The number of thiophene rings is 1. The smallest absolute Gasteiger partial charge is 0.231 e. The van der Waals surface area contributed by atoms with Crippen LogP contribution in [0.5, 0.6) is 0 Å². The Balaban J connectivity index is 0.00000176. The number of anilines is 1. The molecule has 0 saturated carbocycles. The van der Waals surface area contributed by atoms with Gasteiger partial charge in [0.1, 0.15) is 0 Å². The minimum atomic E-state index is 0. The molecular weight excluding hydrogens is 316 g/mol. The minimum absolute atomic E-state index is 0. The van der Waals surface area contributed by atoms with Crippen LogP contribution in [0.15, 0.2) is 47.2 Å². The van der Waals surface area contributed by atoms with Crippen LogP contribution >= 0.6 is 23.7 Å². The van der Waals surface area contributed by atoms with Crippen molar-refractivity contribution >= 4 is 35.3 Å². The van der Waals surface area contributed by atoms with Crippen LogP contribution in [0.3, 0.4) is 0 Å². The van der Waals surface area contributed by atoms with Gasteiger partial charge >= 0.3 is 0 Å². The van der Waals surface area contributed by atoms with Gasteiger partial charge in [0.05, 0.1) is 12.5 Å². The number of carbonyl (C=O) groups excluding carboxylic acids is 1. The van der Waals surface area contributed by atoms with Crippen molar-refractivity contribution in [2.45, 2.75) is 19.4 Å². The second-order valence-corrected chi connectivity index (χ2v) is 6.21. The lowest BCUT2D eigenvalue weighted by atomic mass is 9.97. The van der Waals surface area contributed by atoms with Gasteiger partial charge in [-0.15, -0.1) is 12.4 Å². The van der Waals surface area contributed by atoms with E-state index in [0.29, 0.717) is 6.54 Å². The van der Waals surface area contributed by atoms with E-state index in [1.807, 2.05) is 35.2 Å². The van der Waals surface area contributed by atoms with Crippen molar-refractivity contribution in [2.24, 2.45) is 5.92 Å². The van der Waals surface area contributed by atoms with Crippen LogP contribution in [0.2, 0.25) is 0 Å². The maximum absolute atomic E-state index is 12.9. The third-order valence-corrected chi connectivity index (χ3v) is 4.63. The number of amides is 1. The summed E-state index contributed by atoms with van der Waals surface area (Å²) in [4.78, 5) is 14.8. The molecule has 1 unspecified atom stereocenters. The Labute approximate surface area is 141 Å². The van der Waals surface area contributed by atoms with E-state index in [1.165, 1.54) is 5.56 Å². The Kier molecular flexibility index (Phi) is 6.43. The fourth-order valence-corrected chi connectivity index (χ4v) is 3.41. The molecule has 3 nitrogen and oxygen atoms in total. The van der Waals surface area contributed by atoms with Crippen molar-refractivity contribution < 1.29 is 4.79 Å². The van der Waals surface area contributed by atoms with Crippen molar-refractivity contribution in [3.05, 3.63) is 52.7 Å². The van der Waals surface area contributed by atoms with Gasteiger partial charge in [0, 0.05) is 12.2 Å². The Bertz CT molecular complexity index is 568. The summed E-state index contributed by atoms with van der Waals surface area (Å²) in [5, 5.41) is 7.51. The molecule has 1 amide bonds. The topological polar surface area (TPSA) is 32.3 Å². The molecule has 1 N–H and O–H groups in total. The normalized spacial score (nSPS) is 17.5. The molecule has 0 radical (unpaired) electrons. The van der Waals surface area contributed by atoms with Crippen LogP contribution in [0.1, 0.15) is 18.4 Å². The van der Waals surface area contributed by atoms with Gasteiger partial charge < -0.3 is 10.2 Å². The molecule has 5 heteroatoms. The number of hydrogen-bond donors (Lipinski definition) is 1. The number of benzene rings is 1. The van der Waals surface area contributed by atoms with E-state index in [-0.39, 0.29) is 24.2 Å². The van der Waals surface area contributed by atoms with Gasteiger partial charge in [0.25, 0.3) is 0 Å². The zero-order valence-corrected chi connectivity index (χ0v) is 14.0. The predicted molar refractivity (Wildman–Crippen MR) is 94.8 cm³/mol. The first-order valence-corrected chi connectivity index (χ1v) is 8.37. The fourth-order valence-electron chi connectivity index (χ4n) is 2.75. The lowest BCUT2D eigenvalue weighted by Gasteiger charge is -2.29. The Morgan fingerprint density at radius 3 is 2.73 bits per heavy atom. The summed E-state index contributed by atoms with van der Waals surface area (Å²) >= 11 is 1.67. The highest BCUT2D eigenvalue weighted by molar-refractivity contribution is 7.07. The molecule has 0 aliphatic carbocycles. The Hall–Kier alpha value is -1.36. The van der Waals surface area contributed by atoms with Gasteiger partial charge in [-0.05, 0) is 53.9 Å². The van der Waals surface area contributed by atoms with Gasteiger partial charge in [-0.25, -0.2) is 0 Å². The molecule has 22 heavy (non-hydrogen) atoms. The lowest BCUT2D eigenvalue weighted by molar-refractivity contribution is -0.123. The number of carbonyl (C=O) groups is 1. The largest absolute Gasteiger partial charge is 0.316 e. The van der Waals surface area contributed by atoms with E-state index in [4.69, 9.17) is 0 Å². The van der Waals surface area contributed by atoms with Gasteiger partial charge in [-0.3, -0.25) is 4.79 Å². The van der Waals surface area contributed by atoms with Crippen molar-refractivity contribution in [1.29, 1.82) is 0 Å². The molecular formula is C17H21ClN2OS. The molecule has 1 saturated heterocycles. The monoisotopic (exact) mass is 336 g/mol. The maximum atomic E-state index is 12.9. The zero-order chi connectivity index (χ0) is 14.5. The highest BCUT2D eigenvalue weighted by Crippen LogP contribution is 2.23. The van der Waals surface area contributed by atoms with E-state index in [9.17, 15) is 4.79 Å². The quantitative estimate of drug-likeness (QED) is 0.923. The van der Waals surface area contributed by atoms with Gasteiger partial charge in [-0.2, -0.15) is 11.3 Å². The van der Waals surface area contributed by atoms with Crippen molar-refractivity contribution in [2.75, 3.05) is 18.0 Å². The molecule has 1 aromatic heterocycles. The number of rotatable bonds is 4. The van der Waals surface area contributed by atoms with Crippen LogP contribution in [-0.4, -0.2) is 19.0 Å². The van der Waals surface area contributed by atoms with Crippen LogP contribution in [0.25, 0.3) is 0 Å². The number of piperidine rings is 1. The maximum Gasteiger partial charge on any atom is 0.231 e. The number of nitrogens with zero attached hydrogens (tertiary/aromatic N) is 1. The molecule has 2 heterocycles. The third-order valence-electron chi connectivity index (χ3n) is 3.90. The summed E-state index contributed by atoms with van der Waals surface area (Å²) in [6.45, 7) is 2.48. The van der Waals surface area contributed by atoms with E-state index in [2.05, 4.69) is 22.1 Å². The summed E-state index contributed by atoms with van der Waals surface area (Å²) < 4.78 is 0. The summed E-state index contributed by atoms with van der Waals surface area (Å²) in [5.74, 6) is 0.331. The molecule has 3 rings (SSSR count). The number of para-hydroxylation sites is 1. The van der Waals surface area contributed by atoms with Gasteiger partial charge in [-0.1, -0.05) is 18.2 Å². The second kappa shape index (κ2) is 8.32. The number of nitrogens with one attached hydrogen (secondary N) is 1. The molecule has 118 valence electrons. The van der Waals surface area contributed by atoms with Crippen LogP contribution in [0, 0.1) is 5.92 Å². The zero-order valence-electron chi connectivity index (χ0n) is 12.4. The molecule has 1 aliphatic heterocycles. The van der Waals surface area contributed by atoms with Crippen LogP contribution < -0.4 is 10.2 Å². The predicted octanol–water partition coefficient (Wildman–Crippen LogP) is 3.70. The third kappa shape index (κ3) is 4.09.